The molecule has 5 aromatic rings. The van der Waals surface area contributed by atoms with Gasteiger partial charge >= 0.3 is 0 Å². The molecular weight excluding hydrogens is 689 g/mol. The van der Waals surface area contributed by atoms with Gasteiger partial charge in [-0.2, -0.15) is 0 Å². The molecule has 0 radical (unpaired) electrons. The van der Waals surface area contributed by atoms with E-state index >= 15 is 0 Å². The van der Waals surface area contributed by atoms with Gasteiger partial charge in [-0.1, -0.05) is 122 Å². The number of rotatable bonds is 18. The number of nitrogen functional groups attached to an aromatic ring is 1. The number of para-hydroxylation sites is 2. The fourth-order valence-electron chi connectivity index (χ4n) is 6.88. The van der Waals surface area contributed by atoms with E-state index in [1.807, 2.05) is 72.8 Å². The van der Waals surface area contributed by atoms with Crippen molar-refractivity contribution in [2.24, 2.45) is 0 Å². The number of carbonyl (C=O) groups is 2. The van der Waals surface area contributed by atoms with E-state index in [0.717, 1.165) is 55.5 Å². The average molecular weight is 741 g/mol. The van der Waals surface area contributed by atoms with Crippen LogP contribution in [0.5, 0.6) is 0 Å². The molecule has 1 heterocycles. The number of anilines is 3. The number of carbonyl (C=O) groups excluding carboxylic acids is 2. The molecule has 1 saturated heterocycles. The first-order chi connectivity index (χ1) is 26.9. The number of ether oxygens (including phenoxy) is 2. The Hall–Kier alpha value is -5.32. The third-order valence-corrected chi connectivity index (χ3v) is 9.83. The quantitative estimate of drug-likeness (QED) is 0.0522. The Morgan fingerprint density at radius 1 is 0.636 bits per heavy atom. The van der Waals surface area contributed by atoms with Crippen molar-refractivity contribution < 1.29 is 24.2 Å². The summed E-state index contributed by atoms with van der Waals surface area (Å²) in [5.41, 5.74) is 13.1. The number of unbranched alkanes of at least 4 members (excludes halogenated alkanes) is 3. The lowest BCUT2D eigenvalue weighted by atomic mass is 9.99. The van der Waals surface area contributed by atoms with Gasteiger partial charge in [0.25, 0.3) is 0 Å². The molecule has 6 rings (SSSR count). The minimum Gasteiger partial charge on any atom is -0.397 e. The zero-order chi connectivity index (χ0) is 38.2. The molecular formula is C46H52N4O5. The van der Waals surface area contributed by atoms with Crippen LogP contribution in [-0.2, 0) is 38.8 Å². The summed E-state index contributed by atoms with van der Waals surface area (Å²) in [7, 11) is 0. The molecule has 3 atom stereocenters. The van der Waals surface area contributed by atoms with E-state index in [-0.39, 0.29) is 30.6 Å². The van der Waals surface area contributed by atoms with Crippen molar-refractivity contribution in [2.45, 2.75) is 83.1 Å². The summed E-state index contributed by atoms with van der Waals surface area (Å²) in [6, 6.07) is 43.9. The Bertz CT molecular complexity index is 1880. The third kappa shape index (κ3) is 12.3. The highest BCUT2D eigenvalue weighted by Gasteiger charge is 2.33. The Morgan fingerprint density at radius 3 is 1.80 bits per heavy atom. The molecule has 1 fully saturated rings. The summed E-state index contributed by atoms with van der Waals surface area (Å²) in [6.07, 6.45) is 3.80. The molecule has 0 spiro atoms. The number of aliphatic hydroxyl groups is 1. The SMILES string of the molecule is Nc1ccccc1NC(=O)CCCCCCC(=O)Nc1ccc([C@@H]2O[C@H](CN(Cc3ccccc3)Cc3ccccc3)C[C@H](c3ccc(CO)cc3)O2)cc1. The zero-order valence-corrected chi connectivity index (χ0v) is 31.3. The summed E-state index contributed by atoms with van der Waals surface area (Å²) in [5.74, 6) is -0.0995. The molecule has 55 heavy (non-hydrogen) atoms. The number of aliphatic hydroxyl groups excluding tert-OH is 1. The molecule has 0 saturated carbocycles. The first-order valence-electron chi connectivity index (χ1n) is 19.3. The minimum atomic E-state index is -0.603. The Labute approximate surface area is 324 Å². The van der Waals surface area contributed by atoms with Crippen LogP contribution < -0.4 is 16.4 Å². The van der Waals surface area contributed by atoms with Crippen LogP contribution in [0, 0.1) is 0 Å². The lowest BCUT2D eigenvalue weighted by Crippen LogP contribution is -2.39. The van der Waals surface area contributed by atoms with Crippen molar-refractivity contribution in [2.75, 3.05) is 22.9 Å². The molecule has 5 N–H and O–H groups in total. The van der Waals surface area contributed by atoms with Gasteiger partial charge in [0, 0.05) is 50.1 Å². The lowest BCUT2D eigenvalue weighted by Gasteiger charge is -2.38. The van der Waals surface area contributed by atoms with Gasteiger partial charge in [-0.25, -0.2) is 0 Å². The number of amides is 2. The van der Waals surface area contributed by atoms with Crippen LogP contribution in [0.25, 0.3) is 0 Å². The average Bonchev–Trinajstić information content (AvgIpc) is 3.21. The first-order valence-corrected chi connectivity index (χ1v) is 19.3. The number of nitrogens with zero attached hydrogens (tertiary/aromatic N) is 1. The highest BCUT2D eigenvalue weighted by Crippen LogP contribution is 2.38. The molecule has 9 heteroatoms. The second kappa shape index (κ2) is 20.4. The Kier molecular flexibility index (Phi) is 14.6. The summed E-state index contributed by atoms with van der Waals surface area (Å²) >= 11 is 0. The van der Waals surface area contributed by atoms with E-state index in [1.165, 1.54) is 11.1 Å². The standard InChI is InChI=1S/C46H52N4O5/c47-41-17-11-12-18-42(41)49-45(53)20-10-2-1-9-19-44(52)48-39-27-25-38(26-28-39)46-54-40(29-43(55-46)37-23-21-36(33-51)22-24-37)32-50(30-34-13-5-3-6-14-34)31-35-15-7-4-8-16-35/h3-8,11-18,21-28,40,43,46,51H,1-2,9-10,19-20,29-33,47H2,(H,48,52)(H,49,53)/t40-,43+,46+/m0/s1. The highest BCUT2D eigenvalue weighted by atomic mass is 16.7. The van der Waals surface area contributed by atoms with Crippen molar-refractivity contribution >= 4 is 28.9 Å². The predicted octanol–water partition coefficient (Wildman–Crippen LogP) is 8.93. The van der Waals surface area contributed by atoms with Crippen LogP contribution in [-0.4, -0.2) is 34.5 Å². The predicted molar refractivity (Wildman–Crippen MR) is 218 cm³/mol. The first kappa shape index (κ1) is 39.4. The topological polar surface area (TPSA) is 126 Å². The van der Waals surface area contributed by atoms with Gasteiger partial charge in [0.05, 0.1) is 30.2 Å². The highest BCUT2D eigenvalue weighted by molar-refractivity contribution is 5.93. The fraction of sp³-hybridized carbons (Fsp3) is 0.304. The van der Waals surface area contributed by atoms with Crippen molar-refractivity contribution in [3.63, 3.8) is 0 Å². The van der Waals surface area contributed by atoms with Crippen LogP contribution in [0.1, 0.15) is 85.2 Å². The molecule has 286 valence electrons. The molecule has 1 aliphatic heterocycles. The van der Waals surface area contributed by atoms with Crippen LogP contribution in [0.3, 0.4) is 0 Å². The van der Waals surface area contributed by atoms with Crippen LogP contribution >= 0.6 is 0 Å². The second-order valence-corrected chi connectivity index (χ2v) is 14.2. The summed E-state index contributed by atoms with van der Waals surface area (Å²) in [6.45, 7) is 2.27. The van der Waals surface area contributed by atoms with Gasteiger partial charge in [0.15, 0.2) is 6.29 Å². The van der Waals surface area contributed by atoms with Crippen molar-refractivity contribution in [3.8, 4) is 0 Å². The van der Waals surface area contributed by atoms with Gasteiger partial charge in [-0.3, -0.25) is 14.5 Å². The third-order valence-electron chi connectivity index (χ3n) is 9.83. The van der Waals surface area contributed by atoms with Gasteiger partial charge in [-0.15, -0.1) is 0 Å². The van der Waals surface area contributed by atoms with Crippen LogP contribution in [0.4, 0.5) is 17.1 Å². The molecule has 1 aliphatic rings. The maximum Gasteiger partial charge on any atom is 0.224 e. The smallest absolute Gasteiger partial charge is 0.224 e. The number of nitrogens with two attached hydrogens (primary N) is 1. The molecule has 0 aliphatic carbocycles. The molecule has 2 amide bonds. The molecule has 0 bridgehead atoms. The van der Waals surface area contributed by atoms with Crippen LogP contribution in [0.2, 0.25) is 0 Å². The number of benzene rings is 5. The van der Waals surface area contributed by atoms with Crippen molar-refractivity contribution in [1.29, 1.82) is 0 Å². The largest absolute Gasteiger partial charge is 0.397 e. The zero-order valence-electron chi connectivity index (χ0n) is 31.3. The van der Waals surface area contributed by atoms with E-state index in [1.54, 1.807) is 12.1 Å². The van der Waals surface area contributed by atoms with E-state index in [9.17, 15) is 14.7 Å². The van der Waals surface area contributed by atoms with Crippen molar-refractivity contribution in [1.82, 2.24) is 4.90 Å². The maximum absolute atomic E-state index is 12.8. The van der Waals surface area contributed by atoms with E-state index in [2.05, 4.69) is 64.1 Å². The van der Waals surface area contributed by atoms with E-state index in [4.69, 9.17) is 15.2 Å². The van der Waals surface area contributed by atoms with Gasteiger partial charge in [0.1, 0.15) is 0 Å². The van der Waals surface area contributed by atoms with E-state index < -0.39 is 6.29 Å². The van der Waals surface area contributed by atoms with Gasteiger partial charge < -0.3 is 30.9 Å². The van der Waals surface area contributed by atoms with Crippen LogP contribution in [0.15, 0.2) is 133 Å². The maximum atomic E-state index is 12.8. The normalized spacial score (nSPS) is 16.8. The van der Waals surface area contributed by atoms with Gasteiger partial charge in [-0.05, 0) is 59.4 Å². The Balaban J connectivity index is 1.03. The summed E-state index contributed by atoms with van der Waals surface area (Å²) in [4.78, 5) is 27.5. The lowest BCUT2D eigenvalue weighted by molar-refractivity contribution is -0.253. The number of hydrogen-bond acceptors (Lipinski definition) is 7. The number of nitrogens with one attached hydrogen (secondary N) is 2. The van der Waals surface area contributed by atoms with Gasteiger partial charge in [0.2, 0.25) is 11.8 Å². The van der Waals surface area contributed by atoms with E-state index in [0.29, 0.717) is 42.9 Å². The molecule has 0 aromatic heterocycles. The summed E-state index contributed by atoms with van der Waals surface area (Å²) in [5, 5.41) is 15.5. The summed E-state index contributed by atoms with van der Waals surface area (Å²) < 4.78 is 13.3. The molecule has 0 unspecified atom stereocenters. The Morgan fingerprint density at radius 2 is 1.20 bits per heavy atom. The number of hydrogen-bond donors (Lipinski definition) is 4. The molecule has 9 nitrogen and oxygen atoms in total. The fourth-order valence-corrected chi connectivity index (χ4v) is 6.88. The molecule has 5 aromatic carbocycles. The van der Waals surface area contributed by atoms with Crippen molar-refractivity contribution in [3.05, 3.63) is 161 Å². The minimum absolute atomic E-state index is 0.0107. The monoisotopic (exact) mass is 740 g/mol. The second-order valence-electron chi connectivity index (χ2n) is 14.2.